The van der Waals surface area contributed by atoms with Crippen molar-refractivity contribution in [2.24, 2.45) is 0 Å². The summed E-state index contributed by atoms with van der Waals surface area (Å²) < 4.78 is 4.25. The highest BCUT2D eigenvalue weighted by atomic mass is 35.5. The molecule has 0 atom stereocenters. The Bertz CT molecular complexity index is 519. The minimum absolute atomic E-state index is 0.0227. The van der Waals surface area contributed by atoms with Crippen LogP contribution in [0.1, 0.15) is 0 Å². The van der Waals surface area contributed by atoms with Gasteiger partial charge in [0.2, 0.25) is 16.5 Å². The zero-order chi connectivity index (χ0) is 14.3. The molecule has 0 unspecified atom stereocenters. The number of nitrogens with zero attached hydrogens (tertiary/aromatic N) is 3. The number of ether oxygens (including phenoxy) is 1. The first-order valence-electron chi connectivity index (χ1n) is 5.05. The average molecular weight is 322 g/mol. The van der Waals surface area contributed by atoms with E-state index in [2.05, 4.69) is 25.0 Å². The lowest BCUT2D eigenvalue weighted by atomic mass is 10.3. The standard InChI is InChI=1S/C9H5Cl3N4.C2H6O/c10-5-3-1-2-4-6(5)13-9-15-7(11)14-8(12)16-9;1-3-2/h1-4H,(H,13,14,15,16);1-2H3. The smallest absolute Gasteiger partial charge is 0.232 e. The van der Waals surface area contributed by atoms with Crippen LogP contribution in [0.25, 0.3) is 0 Å². The summed E-state index contributed by atoms with van der Waals surface area (Å²) in [6.07, 6.45) is 0. The lowest BCUT2D eigenvalue weighted by Gasteiger charge is -2.06. The van der Waals surface area contributed by atoms with Crippen LogP contribution in [0.3, 0.4) is 0 Å². The molecule has 2 aromatic rings. The first-order chi connectivity index (χ1) is 9.06. The van der Waals surface area contributed by atoms with E-state index in [1.807, 2.05) is 12.1 Å². The second kappa shape index (κ2) is 8.12. The van der Waals surface area contributed by atoms with Gasteiger partial charge in [-0.25, -0.2) is 0 Å². The summed E-state index contributed by atoms with van der Waals surface area (Å²) in [6.45, 7) is 0. The Morgan fingerprint density at radius 2 is 1.47 bits per heavy atom. The Labute approximate surface area is 125 Å². The van der Waals surface area contributed by atoms with E-state index in [4.69, 9.17) is 34.8 Å². The molecule has 19 heavy (non-hydrogen) atoms. The molecule has 0 saturated heterocycles. The van der Waals surface area contributed by atoms with Crippen molar-refractivity contribution in [3.8, 4) is 0 Å². The molecule has 0 amide bonds. The van der Waals surface area contributed by atoms with Crippen LogP contribution >= 0.6 is 34.8 Å². The van der Waals surface area contributed by atoms with Crippen molar-refractivity contribution in [2.45, 2.75) is 0 Å². The summed E-state index contributed by atoms with van der Waals surface area (Å²) in [5.41, 5.74) is 0.669. The minimum Gasteiger partial charge on any atom is -0.388 e. The predicted octanol–water partition coefficient (Wildman–Crippen LogP) is 3.84. The van der Waals surface area contributed by atoms with Crippen molar-refractivity contribution < 1.29 is 4.74 Å². The number of halogens is 3. The SMILES string of the molecule is COC.Clc1nc(Cl)nc(Nc2ccccc2Cl)n1. The number of hydrogen-bond donors (Lipinski definition) is 1. The number of methoxy groups -OCH3 is 1. The Hall–Kier alpha value is -1.14. The minimum atomic E-state index is 0.0227. The van der Waals surface area contributed by atoms with E-state index in [-0.39, 0.29) is 16.5 Å². The summed E-state index contributed by atoms with van der Waals surface area (Å²) >= 11 is 17.2. The van der Waals surface area contributed by atoms with Crippen molar-refractivity contribution in [3.63, 3.8) is 0 Å². The van der Waals surface area contributed by atoms with Gasteiger partial charge >= 0.3 is 0 Å². The summed E-state index contributed by atoms with van der Waals surface area (Å²) in [4.78, 5) is 11.4. The number of benzene rings is 1. The van der Waals surface area contributed by atoms with Gasteiger partial charge in [-0.1, -0.05) is 23.7 Å². The molecule has 0 aliphatic heterocycles. The molecule has 0 radical (unpaired) electrons. The maximum atomic E-state index is 5.95. The fourth-order valence-corrected chi connectivity index (χ4v) is 1.61. The highest BCUT2D eigenvalue weighted by Gasteiger charge is 2.05. The molecule has 2 rings (SSSR count). The van der Waals surface area contributed by atoms with Crippen LogP contribution in [0.2, 0.25) is 15.6 Å². The molecule has 1 aromatic heterocycles. The van der Waals surface area contributed by atoms with E-state index < -0.39 is 0 Å². The van der Waals surface area contributed by atoms with E-state index in [9.17, 15) is 0 Å². The van der Waals surface area contributed by atoms with Crippen LogP contribution in [0.4, 0.5) is 11.6 Å². The monoisotopic (exact) mass is 320 g/mol. The molecule has 0 aliphatic carbocycles. The van der Waals surface area contributed by atoms with Gasteiger partial charge in [0.1, 0.15) is 0 Å². The summed E-state index contributed by atoms with van der Waals surface area (Å²) in [5.74, 6) is 0.248. The lowest BCUT2D eigenvalue weighted by molar-refractivity contribution is 0.277. The second-order valence-electron chi connectivity index (χ2n) is 3.21. The number of aromatic nitrogens is 3. The van der Waals surface area contributed by atoms with Gasteiger partial charge in [-0.3, -0.25) is 0 Å². The molecule has 1 N–H and O–H groups in total. The van der Waals surface area contributed by atoms with Gasteiger partial charge in [0, 0.05) is 14.2 Å². The van der Waals surface area contributed by atoms with Crippen molar-refractivity contribution in [2.75, 3.05) is 19.5 Å². The fourth-order valence-electron chi connectivity index (χ4n) is 1.06. The first-order valence-corrected chi connectivity index (χ1v) is 6.19. The maximum absolute atomic E-state index is 5.95. The largest absolute Gasteiger partial charge is 0.388 e. The Morgan fingerprint density at radius 1 is 0.947 bits per heavy atom. The molecular formula is C11H11Cl3N4O. The Balaban J connectivity index is 0.000000550. The van der Waals surface area contributed by atoms with Crippen LogP contribution < -0.4 is 5.32 Å². The molecule has 8 heteroatoms. The van der Waals surface area contributed by atoms with Crippen LogP contribution in [0.5, 0.6) is 0 Å². The van der Waals surface area contributed by atoms with E-state index in [0.717, 1.165) is 0 Å². The fraction of sp³-hybridized carbons (Fsp3) is 0.182. The van der Waals surface area contributed by atoms with Crippen LogP contribution in [0, 0.1) is 0 Å². The summed E-state index contributed by atoms with van der Waals surface area (Å²) in [6, 6.07) is 7.18. The van der Waals surface area contributed by atoms with E-state index in [0.29, 0.717) is 10.7 Å². The van der Waals surface area contributed by atoms with Gasteiger partial charge < -0.3 is 10.1 Å². The summed E-state index contributed by atoms with van der Waals surface area (Å²) in [7, 11) is 3.25. The number of rotatable bonds is 2. The van der Waals surface area contributed by atoms with Crippen molar-refractivity contribution in [1.82, 2.24) is 15.0 Å². The molecule has 1 aromatic carbocycles. The van der Waals surface area contributed by atoms with Gasteiger partial charge in [0.25, 0.3) is 0 Å². The van der Waals surface area contributed by atoms with Crippen molar-refractivity contribution in [3.05, 3.63) is 39.9 Å². The van der Waals surface area contributed by atoms with Crippen molar-refractivity contribution in [1.29, 1.82) is 0 Å². The molecular weight excluding hydrogens is 311 g/mol. The molecule has 102 valence electrons. The quantitative estimate of drug-likeness (QED) is 0.910. The number of anilines is 2. The zero-order valence-corrected chi connectivity index (χ0v) is 12.5. The Kier molecular flexibility index (Phi) is 6.80. The third kappa shape index (κ3) is 5.57. The molecule has 0 fully saturated rings. The molecule has 1 heterocycles. The highest BCUT2D eigenvalue weighted by Crippen LogP contribution is 2.23. The van der Waals surface area contributed by atoms with Gasteiger partial charge in [-0.05, 0) is 35.3 Å². The summed E-state index contributed by atoms with van der Waals surface area (Å²) in [5, 5.41) is 3.49. The van der Waals surface area contributed by atoms with E-state index in [1.165, 1.54) is 0 Å². The molecule has 0 saturated carbocycles. The second-order valence-corrected chi connectivity index (χ2v) is 4.29. The predicted molar refractivity (Wildman–Crippen MR) is 77.5 cm³/mol. The normalized spacial score (nSPS) is 9.53. The first kappa shape index (κ1) is 15.9. The number of para-hydroxylation sites is 1. The third-order valence-corrected chi connectivity index (χ3v) is 2.37. The van der Waals surface area contributed by atoms with Gasteiger partial charge in [-0.15, -0.1) is 0 Å². The highest BCUT2D eigenvalue weighted by molar-refractivity contribution is 6.33. The lowest BCUT2D eigenvalue weighted by Crippen LogP contribution is -1.99. The van der Waals surface area contributed by atoms with Gasteiger partial charge in [0.05, 0.1) is 10.7 Å². The van der Waals surface area contributed by atoms with Crippen LogP contribution in [-0.4, -0.2) is 29.2 Å². The topological polar surface area (TPSA) is 59.9 Å². The number of nitrogens with one attached hydrogen (secondary N) is 1. The van der Waals surface area contributed by atoms with Gasteiger partial charge in [-0.2, -0.15) is 15.0 Å². The van der Waals surface area contributed by atoms with Gasteiger partial charge in [0.15, 0.2) is 0 Å². The Morgan fingerprint density at radius 3 is 2.00 bits per heavy atom. The van der Waals surface area contributed by atoms with Crippen molar-refractivity contribution >= 4 is 46.4 Å². The van der Waals surface area contributed by atoms with E-state index in [1.54, 1.807) is 26.4 Å². The molecule has 0 bridgehead atoms. The number of hydrogen-bond acceptors (Lipinski definition) is 5. The third-order valence-electron chi connectivity index (χ3n) is 1.70. The average Bonchev–Trinajstić information content (AvgIpc) is 2.32. The maximum Gasteiger partial charge on any atom is 0.232 e. The zero-order valence-electron chi connectivity index (χ0n) is 10.2. The van der Waals surface area contributed by atoms with Crippen LogP contribution in [0.15, 0.2) is 24.3 Å². The molecule has 5 nitrogen and oxygen atoms in total. The van der Waals surface area contributed by atoms with Crippen LogP contribution in [-0.2, 0) is 4.74 Å². The molecule has 0 spiro atoms. The molecule has 0 aliphatic rings. The van der Waals surface area contributed by atoms with E-state index >= 15 is 0 Å².